The van der Waals surface area contributed by atoms with E-state index in [1.54, 1.807) is 4.68 Å². The molecule has 0 atom stereocenters. The lowest BCUT2D eigenvalue weighted by Gasteiger charge is -2.01. The smallest absolute Gasteiger partial charge is 0.244 e. The van der Waals surface area contributed by atoms with Gasteiger partial charge in [-0.3, -0.25) is 0 Å². The summed E-state index contributed by atoms with van der Waals surface area (Å²) in [4.78, 5) is 3.80. The zero-order chi connectivity index (χ0) is 11.4. The topological polar surface area (TPSA) is 98.1 Å². The first-order valence-corrected chi connectivity index (χ1v) is 4.88. The third-order valence-corrected chi connectivity index (χ3v) is 1.98. The quantitative estimate of drug-likeness (QED) is 0.692. The molecule has 82 valence electrons. The van der Waals surface area contributed by atoms with Gasteiger partial charge in [0.05, 0.1) is 0 Å². The van der Waals surface area contributed by atoms with Crippen molar-refractivity contribution in [3.63, 3.8) is 0 Å². The average molecular weight is 218 g/mol. The summed E-state index contributed by atoms with van der Waals surface area (Å²) < 4.78 is 3.25. The van der Waals surface area contributed by atoms with Gasteiger partial charge >= 0.3 is 0 Å². The number of hydrogen-bond donors (Lipinski definition) is 0. The van der Waals surface area contributed by atoms with Crippen molar-refractivity contribution < 1.29 is 0 Å². The fourth-order valence-corrected chi connectivity index (χ4v) is 1.29. The van der Waals surface area contributed by atoms with Gasteiger partial charge in [-0.05, 0) is 16.8 Å². The lowest BCUT2D eigenvalue weighted by atomic mass is 10.5. The number of nitriles is 1. The molecule has 0 aromatic carbocycles. The first kappa shape index (κ1) is 10.2. The van der Waals surface area contributed by atoms with E-state index in [-0.39, 0.29) is 5.82 Å². The molecular formula is C8H10N8. The van der Waals surface area contributed by atoms with E-state index < -0.39 is 0 Å². The SMILES string of the molecule is CCCn1nnnc1Cn1cnc(C#N)n1. The minimum Gasteiger partial charge on any atom is -0.244 e. The van der Waals surface area contributed by atoms with Gasteiger partial charge in [0.25, 0.3) is 5.82 Å². The molecule has 0 saturated carbocycles. The second kappa shape index (κ2) is 4.48. The molecule has 2 heterocycles. The molecule has 0 saturated heterocycles. The fourth-order valence-electron chi connectivity index (χ4n) is 1.29. The molecule has 0 aliphatic heterocycles. The van der Waals surface area contributed by atoms with Crippen molar-refractivity contribution in [2.75, 3.05) is 0 Å². The maximum atomic E-state index is 8.58. The fraction of sp³-hybridized carbons (Fsp3) is 0.500. The van der Waals surface area contributed by atoms with Gasteiger partial charge in [0.1, 0.15) is 18.9 Å². The van der Waals surface area contributed by atoms with Gasteiger partial charge in [-0.15, -0.1) is 10.2 Å². The Morgan fingerprint density at radius 1 is 1.50 bits per heavy atom. The Kier molecular flexibility index (Phi) is 2.86. The normalized spacial score (nSPS) is 10.2. The van der Waals surface area contributed by atoms with Crippen molar-refractivity contribution in [1.82, 2.24) is 35.0 Å². The molecule has 2 aromatic heterocycles. The van der Waals surface area contributed by atoms with Crippen molar-refractivity contribution in [3.8, 4) is 6.07 Å². The van der Waals surface area contributed by atoms with E-state index in [0.717, 1.165) is 13.0 Å². The number of tetrazole rings is 1. The summed E-state index contributed by atoms with van der Waals surface area (Å²) in [5.41, 5.74) is 0. The van der Waals surface area contributed by atoms with Gasteiger partial charge in [0, 0.05) is 6.54 Å². The number of hydrogen-bond acceptors (Lipinski definition) is 6. The van der Waals surface area contributed by atoms with Gasteiger partial charge in [-0.25, -0.2) is 14.3 Å². The second-order valence-electron chi connectivity index (χ2n) is 3.20. The average Bonchev–Trinajstić information content (AvgIpc) is 2.90. The molecule has 0 spiro atoms. The van der Waals surface area contributed by atoms with Crippen molar-refractivity contribution in [1.29, 1.82) is 5.26 Å². The molecule has 8 nitrogen and oxygen atoms in total. The molecule has 0 radical (unpaired) electrons. The number of nitrogens with zero attached hydrogens (tertiary/aromatic N) is 8. The second-order valence-corrected chi connectivity index (χ2v) is 3.20. The van der Waals surface area contributed by atoms with Crippen molar-refractivity contribution in [3.05, 3.63) is 18.0 Å². The Labute approximate surface area is 91.5 Å². The van der Waals surface area contributed by atoms with Crippen molar-refractivity contribution in [2.24, 2.45) is 0 Å². The van der Waals surface area contributed by atoms with E-state index in [1.165, 1.54) is 11.0 Å². The molecule has 8 heteroatoms. The van der Waals surface area contributed by atoms with Crippen molar-refractivity contribution in [2.45, 2.75) is 26.4 Å². The number of rotatable bonds is 4. The maximum Gasteiger partial charge on any atom is 0.252 e. The van der Waals surface area contributed by atoms with Crippen LogP contribution in [0.15, 0.2) is 6.33 Å². The summed E-state index contributed by atoms with van der Waals surface area (Å²) in [6, 6.07) is 1.87. The van der Waals surface area contributed by atoms with Crippen molar-refractivity contribution >= 4 is 0 Å². The first-order chi connectivity index (χ1) is 7.83. The molecule has 16 heavy (non-hydrogen) atoms. The van der Waals surface area contributed by atoms with Crippen LogP contribution in [0.1, 0.15) is 25.0 Å². The third kappa shape index (κ3) is 2.03. The van der Waals surface area contributed by atoms with E-state index in [4.69, 9.17) is 5.26 Å². The van der Waals surface area contributed by atoms with Crippen LogP contribution in [0.25, 0.3) is 0 Å². The Bertz CT molecular complexity index is 504. The van der Waals surface area contributed by atoms with Crippen LogP contribution < -0.4 is 0 Å². The van der Waals surface area contributed by atoms with Gasteiger partial charge in [-0.1, -0.05) is 6.92 Å². The standard InChI is InChI=1S/C8H10N8/c1-2-3-16-8(11-13-14-16)5-15-6-10-7(4-9)12-15/h6H,2-3,5H2,1H3. The molecule has 0 aliphatic rings. The molecule has 2 rings (SSSR count). The highest BCUT2D eigenvalue weighted by molar-refractivity contribution is 5.05. The molecule has 2 aromatic rings. The van der Waals surface area contributed by atoms with Gasteiger partial charge in [0.2, 0.25) is 0 Å². The van der Waals surface area contributed by atoms with E-state index in [1.807, 2.05) is 6.07 Å². The number of aryl methyl sites for hydroxylation is 1. The van der Waals surface area contributed by atoms with Gasteiger partial charge in [-0.2, -0.15) is 5.26 Å². The highest BCUT2D eigenvalue weighted by Gasteiger charge is 2.07. The van der Waals surface area contributed by atoms with Gasteiger partial charge < -0.3 is 0 Å². The van der Waals surface area contributed by atoms with E-state index in [2.05, 4.69) is 32.5 Å². The summed E-state index contributed by atoms with van der Waals surface area (Å²) in [6.45, 7) is 3.23. The zero-order valence-electron chi connectivity index (χ0n) is 8.78. The predicted octanol–water partition coefficient (Wildman–Crippen LogP) is -0.405. The summed E-state index contributed by atoms with van der Waals surface area (Å²) in [6.07, 6.45) is 2.45. The van der Waals surface area contributed by atoms with Crippen LogP contribution in [-0.2, 0) is 13.1 Å². The summed E-state index contributed by atoms with van der Waals surface area (Å²) in [7, 11) is 0. The minimum absolute atomic E-state index is 0.148. The molecule has 0 bridgehead atoms. The Hall–Kier alpha value is -2.30. The van der Waals surface area contributed by atoms with Crippen LogP contribution in [0.5, 0.6) is 0 Å². The van der Waals surface area contributed by atoms with Crippen LogP contribution in [0.4, 0.5) is 0 Å². The molecule has 0 N–H and O–H groups in total. The largest absolute Gasteiger partial charge is 0.252 e. The third-order valence-electron chi connectivity index (χ3n) is 1.98. The molecule has 0 aliphatic carbocycles. The molecule has 0 amide bonds. The van der Waals surface area contributed by atoms with Crippen LogP contribution in [-0.4, -0.2) is 35.0 Å². The monoisotopic (exact) mass is 218 g/mol. The Morgan fingerprint density at radius 3 is 3.06 bits per heavy atom. The zero-order valence-corrected chi connectivity index (χ0v) is 8.78. The lowest BCUT2D eigenvalue weighted by Crippen LogP contribution is -2.10. The maximum absolute atomic E-state index is 8.58. The van der Waals surface area contributed by atoms with Crippen LogP contribution in [0.2, 0.25) is 0 Å². The summed E-state index contributed by atoms with van der Waals surface area (Å²) in [5, 5.41) is 23.9. The first-order valence-electron chi connectivity index (χ1n) is 4.88. The molecule has 0 unspecified atom stereocenters. The minimum atomic E-state index is 0.148. The molecular weight excluding hydrogens is 208 g/mol. The summed E-state index contributed by atoms with van der Waals surface area (Å²) >= 11 is 0. The van der Waals surface area contributed by atoms with E-state index >= 15 is 0 Å². The highest BCUT2D eigenvalue weighted by atomic mass is 15.5. The predicted molar refractivity (Wildman–Crippen MR) is 51.9 cm³/mol. The van der Waals surface area contributed by atoms with Gasteiger partial charge in [0.15, 0.2) is 5.82 Å². The van der Waals surface area contributed by atoms with Crippen LogP contribution in [0.3, 0.4) is 0 Å². The highest BCUT2D eigenvalue weighted by Crippen LogP contribution is 1.97. The van der Waals surface area contributed by atoms with Crippen LogP contribution in [0, 0.1) is 11.3 Å². The Morgan fingerprint density at radius 2 is 2.38 bits per heavy atom. The van der Waals surface area contributed by atoms with E-state index in [0.29, 0.717) is 12.4 Å². The number of aromatic nitrogens is 7. The van der Waals surface area contributed by atoms with E-state index in [9.17, 15) is 0 Å². The Balaban J connectivity index is 2.14. The van der Waals surface area contributed by atoms with Crippen LogP contribution >= 0.6 is 0 Å². The molecule has 0 fully saturated rings. The summed E-state index contributed by atoms with van der Waals surface area (Å²) in [5.74, 6) is 0.853. The lowest BCUT2D eigenvalue weighted by molar-refractivity contribution is 0.531.